The molecule has 0 aliphatic rings. The standard InChI is InChI=1S/C19H19NO2S/c1-14(16-9-8-15-5-2-3-6-17(15)11-16)20-19(21)13-23-12-18-7-4-10-22-18/h2-11,14H,12-13H2,1H3,(H,20,21). The van der Waals surface area contributed by atoms with Gasteiger partial charge in [-0.25, -0.2) is 0 Å². The molecule has 0 spiro atoms. The molecule has 3 aromatic rings. The van der Waals surface area contributed by atoms with Crippen molar-refractivity contribution in [2.24, 2.45) is 0 Å². The molecule has 118 valence electrons. The number of carbonyl (C=O) groups excluding carboxylic acids is 1. The normalized spacial score (nSPS) is 12.2. The van der Waals surface area contributed by atoms with Crippen LogP contribution >= 0.6 is 11.8 Å². The van der Waals surface area contributed by atoms with Crippen molar-refractivity contribution in [3.8, 4) is 0 Å². The number of benzene rings is 2. The maximum absolute atomic E-state index is 12.1. The third-order valence-corrected chi connectivity index (χ3v) is 4.66. The van der Waals surface area contributed by atoms with Crippen LogP contribution in [0.15, 0.2) is 65.3 Å². The lowest BCUT2D eigenvalue weighted by Gasteiger charge is -2.15. The first-order chi connectivity index (χ1) is 11.2. The Morgan fingerprint density at radius 3 is 2.74 bits per heavy atom. The summed E-state index contributed by atoms with van der Waals surface area (Å²) in [5.74, 6) is 2.08. The molecule has 0 saturated heterocycles. The van der Waals surface area contributed by atoms with Gasteiger partial charge in [0.05, 0.1) is 23.8 Å². The van der Waals surface area contributed by atoms with Crippen LogP contribution in [0.25, 0.3) is 10.8 Å². The molecule has 1 aromatic heterocycles. The van der Waals surface area contributed by atoms with E-state index in [0.29, 0.717) is 11.5 Å². The van der Waals surface area contributed by atoms with Gasteiger partial charge >= 0.3 is 0 Å². The summed E-state index contributed by atoms with van der Waals surface area (Å²) in [7, 11) is 0. The smallest absolute Gasteiger partial charge is 0.230 e. The van der Waals surface area contributed by atoms with Crippen molar-refractivity contribution < 1.29 is 9.21 Å². The molecule has 0 aliphatic carbocycles. The van der Waals surface area contributed by atoms with Gasteiger partial charge in [-0.05, 0) is 41.5 Å². The van der Waals surface area contributed by atoms with Crippen molar-refractivity contribution in [1.29, 1.82) is 0 Å². The fourth-order valence-corrected chi connectivity index (χ4v) is 3.22. The predicted molar refractivity (Wildman–Crippen MR) is 95.4 cm³/mol. The first-order valence-electron chi connectivity index (χ1n) is 7.60. The Hall–Kier alpha value is -2.20. The van der Waals surface area contributed by atoms with E-state index in [4.69, 9.17) is 4.42 Å². The van der Waals surface area contributed by atoms with Gasteiger partial charge in [-0.2, -0.15) is 0 Å². The number of fused-ring (bicyclic) bond motifs is 1. The van der Waals surface area contributed by atoms with Crippen molar-refractivity contribution in [3.63, 3.8) is 0 Å². The average Bonchev–Trinajstić information content (AvgIpc) is 3.07. The zero-order valence-corrected chi connectivity index (χ0v) is 13.8. The van der Waals surface area contributed by atoms with E-state index in [1.807, 2.05) is 31.2 Å². The number of thioether (sulfide) groups is 1. The van der Waals surface area contributed by atoms with Gasteiger partial charge in [-0.1, -0.05) is 36.4 Å². The van der Waals surface area contributed by atoms with Crippen LogP contribution in [0.2, 0.25) is 0 Å². The van der Waals surface area contributed by atoms with Gasteiger partial charge in [-0.3, -0.25) is 4.79 Å². The molecule has 1 N–H and O–H groups in total. The number of carbonyl (C=O) groups is 1. The van der Waals surface area contributed by atoms with Gasteiger partial charge in [0.25, 0.3) is 0 Å². The molecule has 1 atom stereocenters. The highest BCUT2D eigenvalue weighted by Gasteiger charge is 2.10. The minimum atomic E-state index is -0.00341. The maximum atomic E-state index is 12.1. The average molecular weight is 325 g/mol. The van der Waals surface area contributed by atoms with Crippen molar-refractivity contribution in [1.82, 2.24) is 5.32 Å². The number of hydrogen-bond acceptors (Lipinski definition) is 3. The first kappa shape index (κ1) is 15.7. The van der Waals surface area contributed by atoms with E-state index in [2.05, 4.69) is 35.6 Å². The van der Waals surface area contributed by atoms with Crippen LogP contribution in [0.1, 0.15) is 24.3 Å². The fourth-order valence-electron chi connectivity index (χ4n) is 2.48. The highest BCUT2D eigenvalue weighted by molar-refractivity contribution is 7.99. The van der Waals surface area contributed by atoms with Gasteiger partial charge in [0, 0.05) is 0 Å². The summed E-state index contributed by atoms with van der Waals surface area (Å²) in [5.41, 5.74) is 1.12. The molecule has 23 heavy (non-hydrogen) atoms. The van der Waals surface area contributed by atoms with E-state index in [-0.39, 0.29) is 11.9 Å². The Balaban J connectivity index is 1.54. The molecule has 0 aliphatic heterocycles. The summed E-state index contributed by atoms with van der Waals surface area (Å²) in [6.45, 7) is 2.01. The molecule has 1 amide bonds. The van der Waals surface area contributed by atoms with E-state index in [1.54, 1.807) is 18.0 Å². The van der Waals surface area contributed by atoms with Gasteiger partial charge in [-0.15, -0.1) is 11.8 Å². The second-order valence-electron chi connectivity index (χ2n) is 5.47. The van der Waals surface area contributed by atoms with Crippen LogP contribution in [-0.2, 0) is 10.5 Å². The van der Waals surface area contributed by atoms with Crippen LogP contribution in [0, 0.1) is 0 Å². The summed E-state index contributed by atoms with van der Waals surface area (Å²) in [6.07, 6.45) is 1.65. The lowest BCUT2D eigenvalue weighted by molar-refractivity contribution is -0.119. The Kier molecular flexibility index (Phi) is 5.03. The minimum absolute atomic E-state index is 0.00341. The van der Waals surface area contributed by atoms with E-state index in [9.17, 15) is 4.79 Å². The monoisotopic (exact) mass is 325 g/mol. The van der Waals surface area contributed by atoms with Crippen LogP contribution in [0.3, 0.4) is 0 Å². The van der Waals surface area contributed by atoms with E-state index in [1.165, 1.54) is 10.8 Å². The topological polar surface area (TPSA) is 42.2 Å². The molecule has 0 radical (unpaired) electrons. The van der Waals surface area contributed by atoms with E-state index >= 15 is 0 Å². The zero-order chi connectivity index (χ0) is 16.1. The van der Waals surface area contributed by atoms with Gasteiger partial charge in [0.2, 0.25) is 5.91 Å². The Morgan fingerprint density at radius 2 is 1.96 bits per heavy atom. The third-order valence-electron chi connectivity index (χ3n) is 3.71. The van der Waals surface area contributed by atoms with E-state index in [0.717, 1.165) is 11.3 Å². The van der Waals surface area contributed by atoms with Crippen LogP contribution in [0.4, 0.5) is 0 Å². The van der Waals surface area contributed by atoms with Crippen molar-refractivity contribution in [2.45, 2.75) is 18.7 Å². The Bertz CT molecular complexity index is 783. The summed E-state index contributed by atoms with van der Waals surface area (Å²) >= 11 is 1.55. The van der Waals surface area contributed by atoms with Crippen molar-refractivity contribution in [2.75, 3.05) is 5.75 Å². The fraction of sp³-hybridized carbons (Fsp3) is 0.211. The molecule has 1 heterocycles. The largest absolute Gasteiger partial charge is 0.468 e. The van der Waals surface area contributed by atoms with Crippen LogP contribution in [0.5, 0.6) is 0 Å². The maximum Gasteiger partial charge on any atom is 0.230 e. The summed E-state index contributed by atoms with van der Waals surface area (Å²) in [6, 6.07) is 18.3. The van der Waals surface area contributed by atoms with E-state index < -0.39 is 0 Å². The number of hydrogen-bond donors (Lipinski definition) is 1. The zero-order valence-electron chi connectivity index (χ0n) is 13.0. The minimum Gasteiger partial charge on any atom is -0.468 e. The molecule has 1 unspecified atom stereocenters. The van der Waals surface area contributed by atoms with Gasteiger partial charge in [0.1, 0.15) is 5.76 Å². The lowest BCUT2D eigenvalue weighted by Crippen LogP contribution is -2.28. The highest BCUT2D eigenvalue weighted by atomic mass is 32.2. The lowest BCUT2D eigenvalue weighted by atomic mass is 10.0. The van der Waals surface area contributed by atoms with Crippen molar-refractivity contribution >= 4 is 28.4 Å². The molecular formula is C19H19NO2S. The summed E-state index contributed by atoms with van der Waals surface area (Å²) in [4.78, 5) is 12.1. The summed E-state index contributed by atoms with van der Waals surface area (Å²) in [5, 5.41) is 5.46. The van der Waals surface area contributed by atoms with Gasteiger partial charge in [0.15, 0.2) is 0 Å². The second-order valence-corrected chi connectivity index (χ2v) is 6.45. The summed E-state index contributed by atoms with van der Waals surface area (Å²) < 4.78 is 5.25. The molecule has 3 rings (SSSR count). The van der Waals surface area contributed by atoms with Crippen LogP contribution in [-0.4, -0.2) is 11.7 Å². The number of furan rings is 1. The van der Waals surface area contributed by atoms with Gasteiger partial charge < -0.3 is 9.73 Å². The number of rotatable bonds is 6. The van der Waals surface area contributed by atoms with Crippen molar-refractivity contribution in [3.05, 3.63) is 72.2 Å². The molecular weight excluding hydrogens is 306 g/mol. The molecule has 0 fully saturated rings. The Labute approximate surface area is 140 Å². The molecule has 0 saturated carbocycles. The Morgan fingerprint density at radius 1 is 1.13 bits per heavy atom. The SMILES string of the molecule is CC(NC(=O)CSCc1ccco1)c1ccc2ccccc2c1. The first-order valence-corrected chi connectivity index (χ1v) is 8.76. The number of nitrogens with one attached hydrogen (secondary N) is 1. The molecule has 3 nitrogen and oxygen atoms in total. The van der Waals surface area contributed by atoms with Crippen LogP contribution < -0.4 is 5.32 Å². The molecule has 0 bridgehead atoms. The molecule has 4 heteroatoms. The quantitative estimate of drug-likeness (QED) is 0.723. The number of amides is 1. The highest BCUT2D eigenvalue weighted by Crippen LogP contribution is 2.20. The third kappa shape index (κ3) is 4.17. The predicted octanol–water partition coefficient (Wildman–Crippen LogP) is 4.54. The second kappa shape index (κ2) is 7.38. The molecule has 2 aromatic carbocycles.